The standard InChI is InChI=1S/C23H27ClN4OS/c1-15-3-6-18-19(13-25)23(30-21(18)11-15)26-22(29)14-27-7-9-28(10-8-27)20-12-17(24)5-4-16(20)2/h4-5,12,15H,3,6-11,14H2,1-2H3,(H,26,29)/t15-/m0/s1. The van der Waals surface area contributed by atoms with Crippen molar-refractivity contribution < 1.29 is 4.79 Å². The molecule has 1 fully saturated rings. The van der Waals surface area contributed by atoms with Crippen molar-refractivity contribution in [2.24, 2.45) is 5.92 Å². The van der Waals surface area contributed by atoms with Crippen LogP contribution in [0.5, 0.6) is 0 Å². The summed E-state index contributed by atoms with van der Waals surface area (Å²) in [5.41, 5.74) is 4.21. The van der Waals surface area contributed by atoms with E-state index in [0.29, 0.717) is 18.0 Å². The fraction of sp³-hybridized carbons (Fsp3) is 0.478. The van der Waals surface area contributed by atoms with Gasteiger partial charge in [-0.2, -0.15) is 5.26 Å². The van der Waals surface area contributed by atoms with Crippen molar-refractivity contribution in [1.82, 2.24) is 4.90 Å². The number of amides is 1. The summed E-state index contributed by atoms with van der Waals surface area (Å²) >= 11 is 7.76. The Bertz CT molecular complexity index is 988. The number of fused-ring (bicyclic) bond motifs is 1. The number of nitrogens with zero attached hydrogens (tertiary/aromatic N) is 3. The van der Waals surface area contributed by atoms with Gasteiger partial charge in [-0.1, -0.05) is 24.6 Å². The number of hydrogen-bond donors (Lipinski definition) is 1. The average Bonchev–Trinajstić information content (AvgIpc) is 3.06. The number of carbonyl (C=O) groups excluding carboxylic acids is 1. The lowest BCUT2D eigenvalue weighted by Gasteiger charge is -2.36. The molecule has 5 nitrogen and oxygen atoms in total. The summed E-state index contributed by atoms with van der Waals surface area (Å²) in [6.45, 7) is 8.07. The van der Waals surface area contributed by atoms with Gasteiger partial charge in [-0.05, 0) is 55.4 Å². The molecule has 0 unspecified atom stereocenters. The SMILES string of the molecule is Cc1ccc(Cl)cc1N1CCN(CC(=O)Nc2sc3c(c2C#N)CC[C@H](C)C3)CC1. The molecule has 2 aromatic rings. The van der Waals surface area contributed by atoms with Crippen molar-refractivity contribution in [3.63, 3.8) is 0 Å². The Morgan fingerprint density at radius 3 is 2.83 bits per heavy atom. The maximum atomic E-state index is 12.7. The molecule has 0 spiro atoms. The summed E-state index contributed by atoms with van der Waals surface area (Å²) in [4.78, 5) is 18.5. The maximum absolute atomic E-state index is 12.7. The van der Waals surface area contributed by atoms with Crippen molar-refractivity contribution in [3.05, 3.63) is 44.8 Å². The molecule has 1 atom stereocenters. The van der Waals surface area contributed by atoms with Crippen molar-refractivity contribution in [2.75, 3.05) is 42.9 Å². The predicted octanol–water partition coefficient (Wildman–Crippen LogP) is 4.47. The van der Waals surface area contributed by atoms with E-state index in [1.54, 1.807) is 11.3 Å². The highest BCUT2D eigenvalue weighted by atomic mass is 35.5. The third-order valence-corrected chi connectivity index (χ3v) is 7.53. The van der Waals surface area contributed by atoms with Crippen LogP contribution in [0.4, 0.5) is 10.7 Å². The van der Waals surface area contributed by atoms with E-state index in [1.807, 2.05) is 18.2 Å². The zero-order valence-electron chi connectivity index (χ0n) is 17.5. The fourth-order valence-electron chi connectivity index (χ4n) is 4.40. The van der Waals surface area contributed by atoms with E-state index >= 15 is 0 Å². The van der Waals surface area contributed by atoms with Crippen LogP contribution in [-0.4, -0.2) is 43.5 Å². The van der Waals surface area contributed by atoms with E-state index in [9.17, 15) is 10.1 Å². The van der Waals surface area contributed by atoms with Crippen LogP contribution in [0.15, 0.2) is 18.2 Å². The van der Waals surface area contributed by atoms with Crippen LogP contribution in [0.3, 0.4) is 0 Å². The second-order valence-electron chi connectivity index (χ2n) is 8.41. The van der Waals surface area contributed by atoms with Crippen molar-refractivity contribution in [3.8, 4) is 6.07 Å². The Morgan fingerprint density at radius 1 is 1.33 bits per heavy atom. The van der Waals surface area contributed by atoms with E-state index in [0.717, 1.165) is 61.0 Å². The van der Waals surface area contributed by atoms with Gasteiger partial charge in [0.1, 0.15) is 11.1 Å². The van der Waals surface area contributed by atoms with E-state index in [4.69, 9.17) is 11.6 Å². The molecule has 30 heavy (non-hydrogen) atoms. The van der Waals surface area contributed by atoms with Crippen molar-refractivity contribution in [1.29, 1.82) is 5.26 Å². The van der Waals surface area contributed by atoms with Crippen molar-refractivity contribution >= 4 is 39.5 Å². The molecule has 7 heteroatoms. The molecule has 4 rings (SSSR count). The van der Waals surface area contributed by atoms with Crippen molar-refractivity contribution in [2.45, 2.75) is 33.1 Å². The van der Waals surface area contributed by atoms with Gasteiger partial charge in [-0.25, -0.2) is 0 Å². The first-order chi connectivity index (χ1) is 14.4. The lowest BCUT2D eigenvalue weighted by Crippen LogP contribution is -2.48. The highest BCUT2D eigenvalue weighted by Crippen LogP contribution is 2.39. The van der Waals surface area contributed by atoms with E-state index in [2.05, 4.69) is 35.0 Å². The molecule has 0 saturated carbocycles. The molecular weight excluding hydrogens is 416 g/mol. The molecule has 1 aromatic carbocycles. The number of hydrogen-bond acceptors (Lipinski definition) is 5. The third kappa shape index (κ3) is 4.49. The van der Waals surface area contributed by atoms with Gasteiger partial charge in [-0.3, -0.25) is 9.69 Å². The van der Waals surface area contributed by atoms with Crippen LogP contribution in [0.2, 0.25) is 5.02 Å². The number of rotatable bonds is 4. The quantitative estimate of drug-likeness (QED) is 0.759. The van der Waals surface area contributed by atoms with Gasteiger partial charge in [-0.15, -0.1) is 11.3 Å². The Balaban J connectivity index is 1.35. The number of benzene rings is 1. The highest BCUT2D eigenvalue weighted by molar-refractivity contribution is 7.16. The predicted molar refractivity (Wildman–Crippen MR) is 124 cm³/mol. The van der Waals surface area contributed by atoms with Gasteiger partial charge in [0.05, 0.1) is 12.1 Å². The number of anilines is 2. The van der Waals surface area contributed by atoms with Crippen LogP contribution >= 0.6 is 22.9 Å². The molecule has 0 bridgehead atoms. The molecule has 1 N–H and O–H groups in total. The van der Waals surface area contributed by atoms with Crippen LogP contribution in [-0.2, 0) is 17.6 Å². The number of aryl methyl sites for hydroxylation is 1. The number of nitrogens with one attached hydrogen (secondary N) is 1. The zero-order chi connectivity index (χ0) is 21.3. The number of thiophene rings is 1. The largest absolute Gasteiger partial charge is 0.369 e. The van der Waals surface area contributed by atoms with Gasteiger partial charge in [0.2, 0.25) is 5.91 Å². The van der Waals surface area contributed by atoms with Gasteiger partial charge < -0.3 is 10.2 Å². The summed E-state index contributed by atoms with van der Waals surface area (Å²) in [6, 6.07) is 8.31. The molecule has 1 aromatic heterocycles. The fourth-order valence-corrected chi connectivity index (χ4v) is 5.94. The summed E-state index contributed by atoms with van der Waals surface area (Å²) < 4.78 is 0. The first-order valence-corrected chi connectivity index (χ1v) is 11.7. The van der Waals surface area contributed by atoms with Gasteiger partial charge in [0.15, 0.2) is 0 Å². The molecule has 0 radical (unpaired) electrons. The Hall–Kier alpha value is -2.07. The van der Waals surface area contributed by atoms with E-state index in [-0.39, 0.29) is 5.91 Å². The molecular formula is C23H27ClN4OS. The molecule has 1 aliphatic carbocycles. The number of piperazine rings is 1. The van der Waals surface area contributed by atoms with E-state index in [1.165, 1.54) is 16.1 Å². The zero-order valence-corrected chi connectivity index (χ0v) is 19.1. The Labute approximate surface area is 187 Å². The van der Waals surface area contributed by atoms with Crippen LogP contribution in [0, 0.1) is 24.2 Å². The topological polar surface area (TPSA) is 59.4 Å². The maximum Gasteiger partial charge on any atom is 0.239 e. The lowest BCUT2D eigenvalue weighted by molar-refractivity contribution is -0.117. The monoisotopic (exact) mass is 442 g/mol. The third-order valence-electron chi connectivity index (χ3n) is 6.13. The highest BCUT2D eigenvalue weighted by Gasteiger charge is 2.26. The normalized spacial score (nSPS) is 19.3. The lowest BCUT2D eigenvalue weighted by atomic mass is 9.89. The summed E-state index contributed by atoms with van der Waals surface area (Å²) in [7, 11) is 0. The summed E-state index contributed by atoms with van der Waals surface area (Å²) in [5.74, 6) is 0.608. The Morgan fingerprint density at radius 2 is 2.10 bits per heavy atom. The van der Waals surface area contributed by atoms with Gasteiger partial charge in [0.25, 0.3) is 0 Å². The van der Waals surface area contributed by atoms with Gasteiger partial charge >= 0.3 is 0 Å². The minimum atomic E-state index is -0.0365. The van der Waals surface area contributed by atoms with Gasteiger partial charge in [0, 0.05) is 41.8 Å². The Kier molecular flexibility index (Phi) is 6.33. The molecule has 2 heterocycles. The molecule has 1 amide bonds. The average molecular weight is 443 g/mol. The van der Waals surface area contributed by atoms with Crippen LogP contribution in [0.1, 0.15) is 34.9 Å². The number of nitriles is 1. The second-order valence-corrected chi connectivity index (χ2v) is 9.95. The molecule has 1 saturated heterocycles. The minimum Gasteiger partial charge on any atom is -0.369 e. The minimum absolute atomic E-state index is 0.0365. The summed E-state index contributed by atoms with van der Waals surface area (Å²) in [5, 5.41) is 14.1. The smallest absolute Gasteiger partial charge is 0.239 e. The van der Waals surface area contributed by atoms with E-state index < -0.39 is 0 Å². The number of carbonyl (C=O) groups is 1. The molecule has 158 valence electrons. The first-order valence-electron chi connectivity index (χ1n) is 10.5. The second kappa shape index (κ2) is 8.97. The molecule has 2 aliphatic rings. The molecule has 1 aliphatic heterocycles. The first kappa shape index (κ1) is 21.2. The van der Waals surface area contributed by atoms with Crippen LogP contribution < -0.4 is 10.2 Å². The number of halogens is 1. The summed E-state index contributed by atoms with van der Waals surface area (Å²) in [6.07, 6.45) is 3.06. The van der Waals surface area contributed by atoms with Crippen LogP contribution in [0.25, 0.3) is 0 Å².